The van der Waals surface area contributed by atoms with Crippen molar-refractivity contribution in [2.75, 3.05) is 11.9 Å². The summed E-state index contributed by atoms with van der Waals surface area (Å²) in [6.45, 7) is 4.89. The first-order chi connectivity index (χ1) is 8.43. The van der Waals surface area contributed by atoms with Crippen LogP contribution in [0.1, 0.15) is 33.1 Å². The van der Waals surface area contributed by atoms with Gasteiger partial charge >= 0.3 is 0 Å². The average molecular weight is 270 g/mol. The number of nitrogens with one attached hydrogen (secondary N) is 1. The summed E-state index contributed by atoms with van der Waals surface area (Å²) in [6.07, 6.45) is 3.76. The number of amides is 1. The summed E-state index contributed by atoms with van der Waals surface area (Å²) in [5, 5.41) is 3.21. The number of rotatable bonds is 6. The molecular formula is C13H20ClN3O. The van der Waals surface area contributed by atoms with Crippen molar-refractivity contribution in [1.82, 2.24) is 4.98 Å². The highest BCUT2D eigenvalue weighted by atomic mass is 35.5. The molecule has 18 heavy (non-hydrogen) atoms. The molecule has 0 unspecified atom stereocenters. The van der Waals surface area contributed by atoms with Crippen molar-refractivity contribution in [2.24, 2.45) is 11.1 Å². The Kier molecular flexibility index (Phi) is 5.56. The third-order valence-electron chi connectivity index (χ3n) is 2.86. The molecule has 1 aromatic heterocycles. The van der Waals surface area contributed by atoms with Gasteiger partial charge in [0.25, 0.3) is 0 Å². The Morgan fingerprint density at radius 3 is 2.72 bits per heavy atom. The fourth-order valence-corrected chi connectivity index (χ4v) is 1.75. The highest BCUT2D eigenvalue weighted by Gasteiger charge is 2.18. The van der Waals surface area contributed by atoms with Crippen LogP contribution in [0.2, 0.25) is 5.15 Å². The van der Waals surface area contributed by atoms with Gasteiger partial charge in [-0.2, -0.15) is 0 Å². The van der Waals surface area contributed by atoms with Crippen LogP contribution >= 0.6 is 11.6 Å². The number of hydrogen-bond acceptors (Lipinski definition) is 3. The minimum atomic E-state index is -0.00998. The van der Waals surface area contributed by atoms with Crippen molar-refractivity contribution < 1.29 is 4.79 Å². The Morgan fingerprint density at radius 1 is 1.44 bits per heavy atom. The molecule has 0 bridgehead atoms. The Morgan fingerprint density at radius 2 is 2.17 bits per heavy atom. The molecule has 1 aromatic rings. The first kappa shape index (κ1) is 14.9. The highest BCUT2D eigenvalue weighted by molar-refractivity contribution is 6.29. The van der Waals surface area contributed by atoms with Crippen LogP contribution in [-0.2, 0) is 4.79 Å². The summed E-state index contributed by atoms with van der Waals surface area (Å²) in [4.78, 5) is 15.6. The number of carbonyl (C=O) groups excluding carboxylic acids is 1. The van der Waals surface area contributed by atoms with Gasteiger partial charge in [0, 0.05) is 6.42 Å². The van der Waals surface area contributed by atoms with Crippen LogP contribution in [0.15, 0.2) is 18.3 Å². The molecule has 1 rings (SSSR count). The summed E-state index contributed by atoms with van der Waals surface area (Å²) in [5.41, 5.74) is 6.31. The van der Waals surface area contributed by atoms with Crippen molar-refractivity contribution in [3.05, 3.63) is 23.5 Å². The Balaban J connectivity index is 2.40. The van der Waals surface area contributed by atoms with Gasteiger partial charge in [-0.15, -0.1) is 0 Å². The fraction of sp³-hybridized carbons (Fsp3) is 0.538. The number of nitrogens with two attached hydrogens (primary N) is 1. The quantitative estimate of drug-likeness (QED) is 0.781. The summed E-state index contributed by atoms with van der Waals surface area (Å²) >= 11 is 5.67. The van der Waals surface area contributed by atoms with E-state index in [1.54, 1.807) is 18.3 Å². The van der Waals surface area contributed by atoms with Gasteiger partial charge in [-0.05, 0) is 36.9 Å². The molecule has 0 aliphatic carbocycles. The van der Waals surface area contributed by atoms with Crippen molar-refractivity contribution in [3.63, 3.8) is 0 Å². The minimum absolute atomic E-state index is 0.00998. The molecule has 5 heteroatoms. The van der Waals surface area contributed by atoms with Crippen LogP contribution in [-0.4, -0.2) is 17.4 Å². The molecule has 0 aliphatic rings. The second-order valence-corrected chi connectivity index (χ2v) is 5.51. The predicted molar refractivity (Wildman–Crippen MR) is 74.6 cm³/mol. The monoisotopic (exact) mass is 269 g/mol. The maximum Gasteiger partial charge on any atom is 0.224 e. The number of pyridine rings is 1. The van der Waals surface area contributed by atoms with E-state index in [1.807, 2.05) is 0 Å². The summed E-state index contributed by atoms with van der Waals surface area (Å²) in [7, 11) is 0. The van der Waals surface area contributed by atoms with E-state index in [9.17, 15) is 4.79 Å². The minimum Gasteiger partial charge on any atom is -0.330 e. The second-order valence-electron chi connectivity index (χ2n) is 5.12. The van der Waals surface area contributed by atoms with Gasteiger partial charge in [0.1, 0.15) is 5.15 Å². The Bertz CT molecular complexity index is 390. The first-order valence-corrected chi connectivity index (χ1v) is 6.42. The molecule has 1 amide bonds. The zero-order chi connectivity index (χ0) is 13.6. The van der Waals surface area contributed by atoms with Gasteiger partial charge in [0.05, 0.1) is 11.9 Å². The third kappa shape index (κ3) is 5.47. The lowest BCUT2D eigenvalue weighted by Crippen LogP contribution is -2.20. The molecule has 0 spiro atoms. The van der Waals surface area contributed by atoms with Gasteiger partial charge in [-0.3, -0.25) is 4.79 Å². The summed E-state index contributed by atoms with van der Waals surface area (Å²) in [6, 6.07) is 3.38. The van der Waals surface area contributed by atoms with E-state index in [-0.39, 0.29) is 11.3 Å². The van der Waals surface area contributed by atoms with Gasteiger partial charge < -0.3 is 11.1 Å². The van der Waals surface area contributed by atoms with Crippen LogP contribution in [0.3, 0.4) is 0 Å². The van der Waals surface area contributed by atoms with Gasteiger partial charge in [0.15, 0.2) is 0 Å². The fourth-order valence-electron chi connectivity index (χ4n) is 1.64. The number of aromatic nitrogens is 1. The zero-order valence-electron chi connectivity index (χ0n) is 10.9. The van der Waals surface area contributed by atoms with E-state index in [2.05, 4.69) is 24.1 Å². The number of hydrogen-bond donors (Lipinski definition) is 2. The summed E-state index contributed by atoms with van der Waals surface area (Å²) in [5.74, 6) is -0.00998. The lowest BCUT2D eigenvalue weighted by atomic mass is 9.84. The molecule has 0 saturated carbocycles. The molecule has 4 nitrogen and oxygen atoms in total. The zero-order valence-corrected chi connectivity index (χ0v) is 11.6. The molecule has 0 saturated heterocycles. The smallest absolute Gasteiger partial charge is 0.224 e. The van der Waals surface area contributed by atoms with E-state index in [4.69, 9.17) is 17.3 Å². The van der Waals surface area contributed by atoms with E-state index >= 15 is 0 Å². The predicted octanol–water partition coefficient (Wildman–Crippen LogP) is 2.83. The Hall–Kier alpha value is -1.13. The number of anilines is 1. The number of halogens is 1. The van der Waals surface area contributed by atoms with E-state index in [0.717, 1.165) is 12.8 Å². The number of carbonyl (C=O) groups is 1. The molecule has 0 fully saturated rings. The van der Waals surface area contributed by atoms with Crippen molar-refractivity contribution in [1.29, 1.82) is 0 Å². The molecule has 100 valence electrons. The highest BCUT2D eigenvalue weighted by Crippen LogP contribution is 2.26. The SMILES string of the molecule is CC(C)(CCN)CCC(=O)Nc1ccc(Cl)nc1. The normalized spacial score (nSPS) is 11.3. The number of nitrogens with zero attached hydrogens (tertiary/aromatic N) is 1. The molecular weight excluding hydrogens is 250 g/mol. The van der Waals surface area contributed by atoms with Gasteiger partial charge in [-0.1, -0.05) is 25.4 Å². The lowest BCUT2D eigenvalue weighted by Gasteiger charge is -2.23. The molecule has 3 N–H and O–H groups in total. The van der Waals surface area contributed by atoms with Crippen LogP contribution in [0.25, 0.3) is 0 Å². The van der Waals surface area contributed by atoms with E-state index < -0.39 is 0 Å². The maximum atomic E-state index is 11.7. The standard InChI is InChI=1S/C13H20ClN3O/c1-13(2,7-8-15)6-5-12(18)17-10-3-4-11(14)16-9-10/h3-4,9H,5-8,15H2,1-2H3,(H,17,18). The topological polar surface area (TPSA) is 68.0 Å². The van der Waals surface area contributed by atoms with Gasteiger partial charge in [0.2, 0.25) is 5.91 Å². The third-order valence-corrected chi connectivity index (χ3v) is 3.08. The van der Waals surface area contributed by atoms with Crippen molar-refractivity contribution in [3.8, 4) is 0 Å². The van der Waals surface area contributed by atoms with Crippen molar-refractivity contribution >= 4 is 23.2 Å². The maximum absolute atomic E-state index is 11.7. The average Bonchev–Trinajstić information content (AvgIpc) is 2.30. The van der Waals surface area contributed by atoms with Crippen LogP contribution in [0, 0.1) is 5.41 Å². The molecule has 0 radical (unpaired) electrons. The van der Waals surface area contributed by atoms with Crippen LogP contribution in [0.4, 0.5) is 5.69 Å². The van der Waals surface area contributed by atoms with E-state index in [0.29, 0.717) is 23.8 Å². The van der Waals surface area contributed by atoms with E-state index in [1.165, 1.54) is 0 Å². The molecule has 0 aliphatic heterocycles. The summed E-state index contributed by atoms with van der Waals surface area (Å²) < 4.78 is 0. The molecule has 0 atom stereocenters. The molecule has 0 aromatic carbocycles. The van der Waals surface area contributed by atoms with Crippen LogP contribution in [0.5, 0.6) is 0 Å². The van der Waals surface area contributed by atoms with Crippen LogP contribution < -0.4 is 11.1 Å². The lowest BCUT2D eigenvalue weighted by molar-refractivity contribution is -0.116. The Labute approximate surface area is 113 Å². The largest absolute Gasteiger partial charge is 0.330 e. The molecule has 1 heterocycles. The van der Waals surface area contributed by atoms with Gasteiger partial charge in [-0.25, -0.2) is 4.98 Å². The van der Waals surface area contributed by atoms with Crippen molar-refractivity contribution in [2.45, 2.75) is 33.1 Å². The first-order valence-electron chi connectivity index (χ1n) is 6.04. The second kappa shape index (κ2) is 6.71.